The number of carboxylic acid groups (broad SMARTS) is 1. The Morgan fingerprint density at radius 3 is 2.56 bits per heavy atom. The third-order valence-electron chi connectivity index (χ3n) is 1.81. The van der Waals surface area contributed by atoms with Crippen molar-refractivity contribution in [3.05, 3.63) is 18.0 Å². The van der Waals surface area contributed by atoms with Gasteiger partial charge in [-0.25, -0.2) is 9.59 Å². The molecule has 88 valence electrons. The highest BCUT2D eigenvalue weighted by molar-refractivity contribution is 5.90. The lowest BCUT2D eigenvalue weighted by molar-refractivity contribution is 0.0686. The Morgan fingerprint density at radius 2 is 2.12 bits per heavy atom. The first-order valence-electron chi connectivity index (χ1n) is 4.77. The second-order valence-corrected chi connectivity index (χ2v) is 3.61. The van der Waals surface area contributed by atoms with Gasteiger partial charge < -0.3 is 14.4 Å². The van der Waals surface area contributed by atoms with Crippen LogP contribution < -0.4 is 5.32 Å². The van der Waals surface area contributed by atoms with Gasteiger partial charge in [0.25, 0.3) is 0 Å². The minimum atomic E-state index is -1.05. The fourth-order valence-electron chi connectivity index (χ4n) is 1.21. The van der Waals surface area contributed by atoms with Crippen molar-refractivity contribution in [2.45, 2.75) is 20.0 Å². The molecule has 0 aliphatic heterocycles. The zero-order valence-electron chi connectivity index (χ0n) is 9.35. The molecule has 0 aromatic carbocycles. The summed E-state index contributed by atoms with van der Waals surface area (Å²) in [6.07, 6.45) is 0.686. The Balaban J connectivity index is 2.72. The maximum Gasteiger partial charge on any atom is 0.411 e. The largest absolute Gasteiger partial charge is 0.477 e. The van der Waals surface area contributed by atoms with Gasteiger partial charge in [-0.3, -0.25) is 5.32 Å². The summed E-state index contributed by atoms with van der Waals surface area (Å²) in [7, 11) is 1.59. The number of carboxylic acids is 1. The molecule has 0 fully saturated rings. The van der Waals surface area contributed by atoms with Crippen LogP contribution in [0.2, 0.25) is 0 Å². The number of hydrogen-bond acceptors (Lipinski definition) is 3. The number of aromatic carboxylic acids is 1. The Hall–Kier alpha value is -1.98. The number of ether oxygens (including phenoxy) is 1. The molecule has 0 unspecified atom stereocenters. The fourth-order valence-corrected chi connectivity index (χ4v) is 1.21. The molecule has 16 heavy (non-hydrogen) atoms. The summed E-state index contributed by atoms with van der Waals surface area (Å²) >= 11 is 0. The molecule has 1 amide bonds. The molecule has 0 bridgehead atoms. The highest BCUT2D eigenvalue weighted by Crippen LogP contribution is 2.13. The number of anilines is 1. The molecule has 1 aromatic heterocycles. The average Bonchev–Trinajstić information content (AvgIpc) is 2.44. The maximum atomic E-state index is 11.2. The zero-order chi connectivity index (χ0) is 12.3. The number of hydrogen-bond donors (Lipinski definition) is 2. The van der Waals surface area contributed by atoms with E-state index < -0.39 is 12.1 Å². The van der Waals surface area contributed by atoms with Gasteiger partial charge in [0.1, 0.15) is 5.69 Å². The predicted octanol–water partition coefficient (Wildman–Crippen LogP) is 1.68. The van der Waals surface area contributed by atoms with Gasteiger partial charge in [0.15, 0.2) is 0 Å². The van der Waals surface area contributed by atoms with E-state index in [0.29, 0.717) is 5.69 Å². The summed E-state index contributed by atoms with van der Waals surface area (Å²) in [5, 5.41) is 11.2. The van der Waals surface area contributed by atoms with Crippen LogP contribution in [0.5, 0.6) is 0 Å². The number of aromatic nitrogens is 1. The molecule has 1 rings (SSSR count). The van der Waals surface area contributed by atoms with Gasteiger partial charge in [-0.1, -0.05) is 0 Å². The maximum absolute atomic E-state index is 11.2. The third kappa shape index (κ3) is 3.01. The van der Waals surface area contributed by atoms with Crippen molar-refractivity contribution in [3.63, 3.8) is 0 Å². The summed E-state index contributed by atoms with van der Waals surface area (Å²) in [5.41, 5.74) is 0.491. The van der Waals surface area contributed by atoms with Crippen molar-refractivity contribution < 1.29 is 19.4 Å². The molecular weight excluding hydrogens is 212 g/mol. The van der Waals surface area contributed by atoms with E-state index in [-0.39, 0.29) is 11.8 Å². The van der Waals surface area contributed by atoms with Gasteiger partial charge in [0, 0.05) is 13.2 Å². The lowest BCUT2D eigenvalue weighted by Gasteiger charge is -2.07. The number of nitrogens with one attached hydrogen (secondary N) is 1. The van der Waals surface area contributed by atoms with Gasteiger partial charge in [0.2, 0.25) is 0 Å². The van der Waals surface area contributed by atoms with E-state index in [1.807, 2.05) is 0 Å². The van der Waals surface area contributed by atoms with E-state index in [4.69, 9.17) is 9.84 Å². The van der Waals surface area contributed by atoms with Crippen LogP contribution in [0.3, 0.4) is 0 Å². The standard InChI is InChI=1S/C10H14N2O4/c1-6(2)16-10(15)11-7-4-8(9(13)14)12(3)5-7/h4-6H,1-3H3,(H,11,15)(H,13,14). The highest BCUT2D eigenvalue weighted by atomic mass is 16.6. The van der Waals surface area contributed by atoms with E-state index in [1.54, 1.807) is 20.9 Å². The Morgan fingerprint density at radius 1 is 1.50 bits per heavy atom. The number of rotatable bonds is 3. The van der Waals surface area contributed by atoms with Crippen molar-refractivity contribution in [1.29, 1.82) is 0 Å². The van der Waals surface area contributed by atoms with Crippen LogP contribution in [0.25, 0.3) is 0 Å². The van der Waals surface area contributed by atoms with E-state index >= 15 is 0 Å². The molecule has 0 radical (unpaired) electrons. The van der Waals surface area contributed by atoms with Crippen LogP contribution in [0.1, 0.15) is 24.3 Å². The van der Waals surface area contributed by atoms with Crippen LogP contribution in [0.4, 0.5) is 10.5 Å². The van der Waals surface area contributed by atoms with Crippen molar-refractivity contribution in [2.24, 2.45) is 7.05 Å². The van der Waals surface area contributed by atoms with Crippen LogP contribution in [-0.2, 0) is 11.8 Å². The second kappa shape index (κ2) is 4.69. The van der Waals surface area contributed by atoms with Gasteiger partial charge in [-0.15, -0.1) is 0 Å². The number of carbonyl (C=O) groups is 2. The van der Waals surface area contributed by atoms with Gasteiger partial charge in [-0.05, 0) is 19.9 Å². The zero-order valence-corrected chi connectivity index (χ0v) is 9.35. The Kier molecular flexibility index (Phi) is 3.55. The molecule has 2 N–H and O–H groups in total. The van der Waals surface area contributed by atoms with Crippen LogP contribution in [-0.4, -0.2) is 27.8 Å². The molecular formula is C10H14N2O4. The molecule has 0 aliphatic carbocycles. The molecule has 1 heterocycles. The molecule has 6 nitrogen and oxygen atoms in total. The summed E-state index contributed by atoms with van der Waals surface area (Å²) in [5.74, 6) is -1.05. The number of aryl methyl sites for hydroxylation is 1. The van der Waals surface area contributed by atoms with E-state index in [1.165, 1.54) is 16.8 Å². The summed E-state index contributed by atoms with van der Waals surface area (Å²) in [6, 6.07) is 1.36. The molecule has 0 saturated carbocycles. The van der Waals surface area contributed by atoms with Crippen molar-refractivity contribution >= 4 is 17.7 Å². The minimum Gasteiger partial charge on any atom is -0.477 e. The quantitative estimate of drug-likeness (QED) is 0.821. The number of amides is 1. The van der Waals surface area contributed by atoms with Crippen molar-refractivity contribution in [1.82, 2.24) is 4.57 Å². The summed E-state index contributed by atoms with van der Waals surface area (Å²) < 4.78 is 6.27. The molecule has 0 atom stereocenters. The average molecular weight is 226 g/mol. The fraction of sp³-hybridized carbons (Fsp3) is 0.400. The lowest BCUT2D eigenvalue weighted by atomic mass is 10.4. The van der Waals surface area contributed by atoms with Crippen molar-refractivity contribution in [2.75, 3.05) is 5.32 Å². The number of nitrogens with zero attached hydrogens (tertiary/aromatic N) is 1. The van der Waals surface area contributed by atoms with Gasteiger partial charge in [0.05, 0.1) is 11.8 Å². The first-order valence-corrected chi connectivity index (χ1v) is 4.77. The van der Waals surface area contributed by atoms with Gasteiger partial charge in [-0.2, -0.15) is 0 Å². The SMILES string of the molecule is CC(C)OC(=O)Nc1cc(C(=O)O)n(C)c1. The normalized spacial score (nSPS) is 10.2. The smallest absolute Gasteiger partial charge is 0.411 e. The number of carbonyl (C=O) groups excluding carboxylic acids is 1. The molecule has 0 spiro atoms. The highest BCUT2D eigenvalue weighted by Gasteiger charge is 2.12. The minimum absolute atomic E-state index is 0.0971. The third-order valence-corrected chi connectivity index (χ3v) is 1.81. The van der Waals surface area contributed by atoms with E-state index in [2.05, 4.69) is 5.32 Å². The Labute approximate surface area is 92.8 Å². The molecule has 6 heteroatoms. The summed E-state index contributed by atoms with van der Waals surface area (Å²) in [4.78, 5) is 22.0. The van der Waals surface area contributed by atoms with Crippen molar-refractivity contribution in [3.8, 4) is 0 Å². The van der Waals surface area contributed by atoms with Crippen LogP contribution >= 0.6 is 0 Å². The topological polar surface area (TPSA) is 80.6 Å². The van der Waals surface area contributed by atoms with Gasteiger partial charge >= 0.3 is 12.1 Å². The molecule has 1 aromatic rings. The summed E-state index contributed by atoms with van der Waals surface area (Å²) in [6.45, 7) is 3.46. The second-order valence-electron chi connectivity index (χ2n) is 3.61. The predicted molar refractivity (Wildman–Crippen MR) is 57.6 cm³/mol. The first-order chi connectivity index (χ1) is 7.40. The Bertz CT molecular complexity index is 409. The molecule has 0 saturated heterocycles. The molecule has 0 aliphatic rings. The van der Waals surface area contributed by atoms with E-state index in [0.717, 1.165) is 0 Å². The lowest BCUT2D eigenvalue weighted by Crippen LogP contribution is -2.17. The van der Waals surface area contributed by atoms with Crippen LogP contribution in [0, 0.1) is 0 Å². The van der Waals surface area contributed by atoms with Crippen LogP contribution in [0.15, 0.2) is 12.3 Å². The monoisotopic (exact) mass is 226 g/mol. The first kappa shape index (κ1) is 12.1. The van der Waals surface area contributed by atoms with E-state index in [9.17, 15) is 9.59 Å².